The number of nitrogens with zero attached hydrogens (tertiary/aromatic N) is 3. The van der Waals surface area contributed by atoms with E-state index >= 15 is 0 Å². The summed E-state index contributed by atoms with van der Waals surface area (Å²) < 4.78 is 0. The number of hydrogen-bond acceptors (Lipinski definition) is 6. The highest BCUT2D eigenvalue weighted by Gasteiger charge is 2.22. The first-order chi connectivity index (χ1) is 13.3. The molecule has 3 heterocycles. The van der Waals surface area contributed by atoms with Crippen LogP contribution in [0.2, 0.25) is 0 Å². The third kappa shape index (κ3) is 4.72. The minimum absolute atomic E-state index is 0.244. The second kappa shape index (κ2) is 8.91. The normalized spacial score (nSPS) is 14.5. The van der Waals surface area contributed by atoms with Crippen LogP contribution in [0.3, 0.4) is 0 Å². The number of carbonyl (C=O) groups is 1. The zero-order chi connectivity index (χ0) is 18.5. The molecule has 1 aliphatic heterocycles. The van der Waals surface area contributed by atoms with Gasteiger partial charge in [-0.05, 0) is 17.0 Å². The first-order valence-corrected chi connectivity index (χ1v) is 11.9. The third-order valence-electron chi connectivity index (χ3n) is 4.55. The smallest absolute Gasteiger partial charge is 0.232 e. The molecule has 0 atom stereocenters. The molecule has 2 aromatic heterocycles. The van der Waals surface area contributed by atoms with Crippen LogP contribution in [-0.2, 0) is 10.5 Å². The number of amides is 1. The Labute approximate surface area is 171 Å². The van der Waals surface area contributed by atoms with Gasteiger partial charge in [0.1, 0.15) is 0 Å². The summed E-state index contributed by atoms with van der Waals surface area (Å²) in [6.45, 7) is 3.26. The minimum Gasteiger partial charge on any atom is -0.345 e. The van der Waals surface area contributed by atoms with Gasteiger partial charge in [-0.2, -0.15) is 11.3 Å². The molecule has 1 amide bonds. The number of thiazole rings is 1. The zero-order valence-corrected chi connectivity index (χ0v) is 17.4. The van der Waals surface area contributed by atoms with E-state index in [4.69, 9.17) is 4.98 Å². The van der Waals surface area contributed by atoms with Gasteiger partial charge in [0, 0.05) is 48.3 Å². The van der Waals surface area contributed by atoms with E-state index in [1.807, 2.05) is 23.1 Å². The number of anilines is 1. The lowest BCUT2D eigenvalue weighted by Crippen LogP contribution is -2.49. The number of thioether (sulfide) groups is 1. The van der Waals surface area contributed by atoms with E-state index in [1.54, 1.807) is 34.4 Å². The summed E-state index contributed by atoms with van der Waals surface area (Å²) >= 11 is 5.07. The molecule has 4 rings (SSSR count). The molecule has 0 saturated carbocycles. The van der Waals surface area contributed by atoms with Crippen molar-refractivity contribution < 1.29 is 4.79 Å². The quantitative estimate of drug-likeness (QED) is 0.596. The van der Waals surface area contributed by atoms with Gasteiger partial charge in [0.15, 0.2) is 5.13 Å². The molecular weight excluding hydrogens is 394 g/mol. The predicted molar refractivity (Wildman–Crippen MR) is 117 cm³/mol. The maximum absolute atomic E-state index is 12.5. The number of carbonyl (C=O) groups excluding carboxylic acids is 1. The van der Waals surface area contributed by atoms with E-state index < -0.39 is 0 Å². The summed E-state index contributed by atoms with van der Waals surface area (Å²) in [7, 11) is 0. The largest absolute Gasteiger partial charge is 0.345 e. The van der Waals surface area contributed by atoms with Crippen molar-refractivity contribution in [2.45, 2.75) is 5.75 Å². The second-order valence-electron chi connectivity index (χ2n) is 6.37. The van der Waals surface area contributed by atoms with Gasteiger partial charge in [-0.3, -0.25) is 4.79 Å². The van der Waals surface area contributed by atoms with Gasteiger partial charge in [0.05, 0.1) is 11.4 Å². The van der Waals surface area contributed by atoms with E-state index in [9.17, 15) is 4.79 Å². The van der Waals surface area contributed by atoms with Gasteiger partial charge in [-0.1, -0.05) is 30.3 Å². The molecule has 1 saturated heterocycles. The van der Waals surface area contributed by atoms with Crippen molar-refractivity contribution in [3.63, 3.8) is 0 Å². The van der Waals surface area contributed by atoms with Crippen LogP contribution in [0, 0.1) is 0 Å². The maximum Gasteiger partial charge on any atom is 0.232 e. The molecule has 27 heavy (non-hydrogen) atoms. The van der Waals surface area contributed by atoms with Crippen LogP contribution in [0.5, 0.6) is 0 Å². The van der Waals surface area contributed by atoms with E-state index in [1.165, 1.54) is 11.1 Å². The number of benzene rings is 1. The molecule has 7 heteroatoms. The summed E-state index contributed by atoms with van der Waals surface area (Å²) in [5.41, 5.74) is 3.50. The lowest BCUT2D eigenvalue weighted by atomic mass is 10.2. The fraction of sp³-hybridized carbons (Fsp3) is 0.300. The Morgan fingerprint density at radius 2 is 1.89 bits per heavy atom. The van der Waals surface area contributed by atoms with E-state index in [0.29, 0.717) is 5.75 Å². The molecule has 0 radical (unpaired) electrons. The van der Waals surface area contributed by atoms with Crippen LogP contribution in [0.4, 0.5) is 5.13 Å². The fourth-order valence-corrected chi connectivity index (χ4v) is 5.45. The van der Waals surface area contributed by atoms with Crippen LogP contribution in [0.15, 0.2) is 52.5 Å². The van der Waals surface area contributed by atoms with Gasteiger partial charge in [-0.25, -0.2) is 4.98 Å². The second-order valence-corrected chi connectivity index (χ2v) is 8.98. The molecule has 0 bridgehead atoms. The minimum atomic E-state index is 0.244. The molecule has 0 spiro atoms. The van der Waals surface area contributed by atoms with Crippen LogP contribution in [-0.4, -0.2) is 47.7 Å². The Morgan fingerprint density at radius 3 is 2.63 bits per heavy atom. The van der Waals surface area contributed by atoms with Gasteiger partial charge in [0.25, 0.3) is 0 Å². The molecule has 0 N–H and O–H groups in total. The molecule has 1 aromatic carbocycles. The lowest BCUT2D eigenvalue weighted by molar-refractivity contribution is -0.128. The summed E-state index contributed by atoms with van der Waals surface area (Å²) in [4.78, 5) is 21.5. The molecule has 0 aliphatic carbocycles. The summed E-state index contributed by atoms with van der Waals surface area (Å²) in [6.07, 6.45) is 0. The topological polar surface area (TPSA) is 36.4 Å². The van der Waals surface area contributed by atoms with Crippen molar-refractivity contribution in [2.75, 3.05) is 36.8 Å². The standard InChI is InChI=1S/C20H21N3OS3/c24-19(15-26-12-16-4-2-1-3-5-16)22-7-9-23(10-8-22)20-21-18(14-27-20)17-6-11-25-13-17/h1-6,11,13-14H,7-10,12,15H2. The predicted octanol–water partition coefficient (Wildman–Crippen LogP) is 4.45. The number of aromatic nitrogens is 1. The molecule has 0 unspecified atom stereocenters. The Morgan fingerprint density at radius 1 is 1.07 bits per heavy atom. The number of rotatable bonds is 6. The first-order valence-electron chi connectivity index (χ1n) is 8.92. The van der Waals surface area contributed by atoms with Crippen molar-refractivity contribution in [1.29, 1.82) is 0 Å². The van der Waals surface area contributed by atoms with E-state index in [2.05, 4.69) is 39.2 Å². The van der Waals surface area contributed by atoms with Crippen LogP contribution >= 0.6 is 34.4 Å². The Bertz CT molecular complexity index is 856. The third-order valence-corrected chi connectivity index (χ3v) is 7.12. The molecule has 1 fully saturated rings. The molecule has 4 nitrogen and oxygen atoms in total. The molecule has 1 aliphatic rings. The monoisotopic (exact) mass is 415 g/mol. The van der Waals surface area contributed by atoms with Crippen molar-refractivity contribution in [3.05, 3.63) is 58.1 Å². The Kier molecular flexibility index (Phi) is 6.11. The molecule has 140 valence electrons. The summed E-state index contributed by atoms with van der Waals surface area (Å²) in [5.74, 6) is 1.68. The van der Waals surface area contributed by atoms with Crippen molar-refractivity contribution in [3.8, 4) is 11.3 Å². The van der Waals surface area contributed by atoms with Crippen LogP contribution in [0.1, 0.15) is 5.56 Å². The molecular formula is C20H21N3OS3. The average Bonchev–Trinajstić information content (AvgIpc) is 3.41. The van der Waals surface area contributed by atoms with Gasteiger partial charge in [-0.15, -0.1) is 23.1 Å². The highest BCUT2D eigenvalue weighted by Crippen LogP contribution is 2.29. The zero-order valence-electron chi connectivity index (χ0n) is 14.9. The van der Waals surface area contributed by atoms with Crippen molar-refractivity contribution in [2.24, 2.45) is 0 Å². The first kappa shape index (κ1) is 18.5. The van der Waals surface area contributed by atoms with Crippen molar-refractivity contribution in [1.82, 2.24) is 9.88 Å². The SMILES string of the molecule is O=C(CSCc1ccccc1)N1CCN(c2nc(-c3ccsc3)cs2)CC1. The highest BCUT2D eigenvalue weighted by molar-refractivity contribution is 7.99. The van der Waals surface area contributed by atoms with Gasteiger partial charge in [0.2, 0.25) is 5.91 Å². The van der Waals surface area contributed by atoms with E-state index in [0.717, 1.165) is 42.8 Å². The fourth-order valence-electron chi connectivity index (χ4n) is 3.02. The highest BCUT2D eigenvalue weighted by atomic mass is 32.2. The van der Waals surface area contributed by atoms with Crippen molar-refractivity contribution >= 4 is 45.5 Å². The Hall–Kier alpha value is -1.83. The van der Waals surface area contributed by atoms with Gasteiger partial charge < -0.3 is 9.80 Å². The number of hydrogen-bond donors (Lipinski definition) is 0. The lowest BCUT2D eigenvalue weighted by Gasteiger charge is -2.34. The molecule has 3 aromatic rings. The number of thiophene rings is 1. The summed E-state index contributed by atoms with van der Waals surface area (Å²) in [6, 6.07) is 12.4. The average molecular weight is 416 g/mol. The number of piperazine rings is 1. The maximum atomic E-state index is 12.5. The van der Waals surface area contributed by atoms with Crippen LogP contribution in [0.25, 0.3) is 11.3 Å². The Balaban J connectivity index is 1.24. The van der Waals surface area contributed by atoms with Gasteiger partial charge >= 0.3 is 0 Å². The van der Waals surface area contributed by atoms with E-state index in [-0.39, 0.29) is 5.91 Å². The van der Waals surface area contributed by atoms with Crippen LogP contribution < -0.4 is 4.90 Å². The summed E-state index contributed by atoms with van der Waals surface area (Å²) in [5, 5.41) is 7.38.